The molecule has 0 fully saturated rings. The number of rotatable bonds is 11. The summed E-state index contributed by atoms with van der Waals surface area (Å²) in [6, 6.07) is 16.1. The van der Waals surface area contributed by atoms with Gasteiger partial charge < -0.3 is 33.2 Å². The van der Waals surface area contributed by atoms with Crippen molar-refractivity contribution in [3.05, 3.63) is 87.9 Å². The summed E-state index contributed by atoms with van der Waals surface area (Å²) in [5.74, 6) is 1.09. The Kier molecular flexibility index (Phi) is 9.47. The number of aryl methyl sites for hydroxylation is 1. The summed E-state index contributed by atoms with van der Waals surface area (Å²) in [6.45, 7) is 1.76. The number of thioether (sulfide) groups is 1. The number of benzene rings is 3. The van der Waals surface area contributed by atoms with Gasteiger partial charge in [-0.05, 0) is 54.8 Å². The SMILES string of the molecule is COc1ccc(-c2oc3c(c2CC(=O)NC(CCSC)c2nc4ccccc4n2C)C(=O)C2(Oc4c(Cl)c(OC)cc(OC)c4C2=O)C(C)C3)cc1. The van der Waals surface area contributed by atoms with Crippen LogP contribution in [0, 0.1) is 5.92 Å². The van der Waals surface area contributed by atoms with Crippen molar-refractivity contribution >= 4 is 51.9 Å². The number of methoxy groups -OCH3 is 3. The highest BCUT2D eigenvalue weighted by atomic mass is 35.5. The van der Waals surface area contributed by atoms with Crippen LogP contribution in [0.4, 0.5) is 0 Å². The third kappa shape index (κ3) is 5.59. The number of halogens is 1. The maximum absolute atomic E-state index is 15.0. The van der Waals surface area contributed by atoms with E-state index >= 15 is 0 Å². The Morgan fingerprint density at radius 1 is 1.06 bits per heavy atom. The molecular weight excluding hydrogens is 706 g/mol. The maximum Gasteiger partial charge on any atom is 0.237 e. The third-order valence-electron chi connectivity index (χ3n) is 10.0. The van der Waals surface area contributed by atoms with E-state index in [-0.39, 0.29) is 52.1 Å². The molecule has 0 radical (unpaired) electrons. The Hall–Kier alpha value is -4.94. The molecule has 0 bridgehead atoms. The molecule has 0 saturated heterocycles. The lowest BCUT2D eigenvalue weighted by Crippen LogP contribution is -2.56. The molecule has 3 atom stereocenters. The molecule has 1 aliphatic carbocycles. The van der Waals surface area contributed by atoms with Crippen LogP contribution in [0.1, 0.15) is 57.3 Å². The minimum absolute atomic E-state index is 0.0174. The Morgan fingerprint density at radius 2 is 1.77 bits per heavy atom. The zero-order valence-corrected chi connectivity index (χ0v) is 31.2. The van der Waals surface area contributed by atoms with E-state index in [1.165, 1.54) is 20.3 Å². The molecule has 52 heavy (non-hydrogen) atoms. The summed E-state index contributed by atoms with van der Waals surface area (Å²) < 4.78 is 31.2. The number of carbonyl (C=O) groups is 3. The average molecular weight is 744 g/mol. The summed E-state index contributed by atoms with van der Waals surface area (Å²) in [5.41, 5.74) is 1.01. The third-order valence-corrected chi connectivity index (χ3v) is 11.0. The second kappa shape index (κ2) is 13.9. The molecule has 270 valence electrons. The Labute approximate surface area is 309 Å². The van der Waals surface area contributed by atoms with Crippen LogP contribution in [0.5, 0.6) is 23.0 Å². The molecule has 1 N–H and O–H groups in total. The largest absolute Gasteiger partial charge is 0.497 e. The van der Waals surface area contributed by atoms with E-state index in [2.05, 4.69) is 5.32 Å². The first-order valence-corrected chi connectivity index (χ1v) is 18.6. The molecule has 13 heteroatoms. The van der Waals surface area contributed by atoms with Crippen molar-refractivity contribution in [1.82, 2.24) is 14.9 Å². The number of hydrogen-bond acceptors (Lipinski definition) is 10. The number of carbonyl (C=O) groups excluding carboxylic acids is 3. The number of amides is 1. The van der Waals surface area contributed by atoms with Gasteiger partial charge in [0.2, 0.25) is 23.1 Å². The smallest absolute Gasteiger partial charge is 0.237 e. The minimum Gasteiger partial charge on any atom is -0.497 e. The number of imidazole rings is 1. The lowest BCUT2D eigenvalue weighted by molar-refractivity contribution is -0.121. The van der Waals surface area contributed by atoms with Gasteiger partial charge in [-0.25, -0.2) is 4.98 Å². The highest BCUT2D eigenvalue weighted by Crippen LogP contribution is 2.54. The number of para-hydroxylation sites is 2. The van der Waals surface area contributed by atoms with Gasteiger partial charge in [0.05, 0.1) is 50.4 Å². The van der Waals surface area contributed by atoms with Gasteiger partial charge in [-0.3, -0.25) is 14.4 Å². The van der Waals surface area contributed by atoms with Crippen molar-refractivity contribution in [2.75, 3.05) is 33.3 Å². The first-order valence-electron chi connectivity index (χ1n) is 16.8. The van der Waals surface area contributed by atoms with Gasteiger partial charge in [0.1, 0.15) is 45.2 Å². The van der Waals surface area contributed by atoms with Crippen LogP contribution in [0.2, 0.25) is 5.02 Å². The van der Waals surface area contributed by atoms with E-state index in [4.69, 9.17) is 39.9 Å². The first-order chi connectivity index (χ1) is 25.1. The van der Waals surface area contributed by atoms with E-state index < -0.39 is 29.1 Å². The lowest BCUT2D eigenvalue weighted by Gasteiger charge is -2.35. The topological polar surface area (TPSA) is 131 Å². The highest BCUT2D eigenvalue weighted by Gasteiger charge is 2.63. The zero-order valence-electron chi connectivity index (χ0n) is 29.6. The molecule has 3 aromatic carbocycles. The molecule has 1 spiro atoms. The fourth-order valence-electron chi connectivity index (χ4n) is 7.36. The number of nitrogens with zero attached hydrogens (tertiary/aromatic N) is 2. The van der Waals surface area contributed by atoms with Crippen molar-refractivity contribution in [3.63, 3.8) is 0 Å². The number of ether oxygens (including phenoxy) is 4. The number of hydrogen-bond donors (Lipinski definition) is 1. The van der Waals surface area contributed by atoms with Crippen molar-refractivity contribution in [3.8, 4) is 34.3 Å². The predicted octanol–water partition coefficient (Wildman–Crippen LogP) is 7.05. The van der Waals surface area contributed by atoms with Crippen LogP contribution in [0.15, 0.2) is 59.0 Å². The number of nitrogens with one attached hydrogen (secondary N) is 1. The number of Topliss-reactive ketones (excluding diaryl/α,β-unsaturated/α-hetero) is 2. The van der Waals surface area contributed by atoms with Gasteiger partial charge in [-0.2, -0.15) is 11.8 Å². The van der Waals surface area contributed by atoms with E-state index in [9.17, 15) is 14.4 Å². The van der Waals surface area contributed by atoms with Crippen LogP contribution in [-0.2, 0) is 24.7 Å². The maximum atomic E-state index is 15.0. The zero-order chi connectivity index (χ0) is 36.9. The Balaban J connectivity index is 1.31. The van der Waals surface area contributed by atoms with Crippen LogP contribution >= 0.6 is 23.4 Å². The van der Waals surface area contributed by atoms with Crippen molar-refractivity contribution in [1.29, 1.82) is 0 Å². The minimum atomic E-state index is -1.97. The Morgan fingerprint density at radius 3 is 2.44 bits per heavy atom. The Bertz CT molecular complexity index is 2230. The molecular formula is C39H38ClN3O8S. The summed E-state index contributed by atoms with van der Waals surface area (Å²) in [6.07, 6.45) is 2.61. The molecule has 3 heterocycles. The van der Waals surface area contributed by atoms with Crippen LogP contribution in [0.25, 0.3) is 22.4 Å². The standard InChI is InChI=1S/C39H38ClN3O8S/c1-20-17-28-31(36(45)39(20)37(46)32-27(48-4)19-29(49-5)33(40)35(32)51-39)23(34(50-28)21-11-13-22(47-3)14-12-21)18-30(44)41-25(15-16-52-6)38-42-24-9-7-8-10-26(24)43(38)2/h7-14,19-20,25H,15-18H2,1-6H3,(H,41,44). The van der Waals surface area contributed by atoms with Crippen LogP contribution in [0.3, 0.4) is 0 Å². The number of ketones is 2. The second-order valence-electron chi connectivity index (χ2n) is 12.9. The normalized spacial score (nSPS) is 18.2. The van der Waals surface area contributed by atoms with Gasteiger partial charge in [0.15, 0.2) is 5.75 Å². The number of furan rings is 1. The molecule has 1 amide bonds. The van der Waals surface area contributed by atoms with Gasteiger partial charge in [0, 0.05) is 36.6 Å². The quantitative estimate of drug-likeness (QED) is 0.140. The molecule has 11 nitrogen and oxygen atoms in total. The summed E-state index contributed by atoms with van der Waals surface area (Å²) >= 11 is 8.34. The molecule has 3 unspecified atom stereocenters. The predicted molar refractivity (Wildman–Crippen MR) is 198 cm³/mol. The summed E-state index contributed by atoms with van der Waals surface area (Å²) in [7, 11) is 6.36. The molecule has 2 aliphatic rings. The van der Waals surface area contributed by atoms with Gasteiger partial charge in [-0.1, -0.05) is 30.7 Å². The molecule has 1 aliphatic heterocycles. The monoisotopic (exact) mass is 743 g/mol. The van der Waals surface area contributed by atoms with E-state index in [1.807, 2.05) is 42.1 Å². The van der Waals surface area contributed by atoms with E-state index in [1.54, 1.807) is 50.1 Å². The van der Waals surface area contributed by atoms with Gasteiger partial charge in [-0.15, -0.1) is 0 Å². The molecule has 2 aromatic heterocycles. The van der Waals surface area contributed by atoms with Gasteiger partial charge >= 0.3 is 0 Å². The van der Waals surface area contributed by atoms with Crippen molar-refractivity contribution in [2.45, 2.75) is 37.8 Å². The van der Waals surface area contributed by atoms with E-state index in [0.29, 0.717) is 34.8 Å². The first kappa shape index (κ1) is 35.5. The molecule has 0 saturated carbocycles. The van der Waals surface area contributed by atoms with Crippen molar-refractivity contribution < 1.29 is 37.7 Å². The second-order valence-corrected chi connectivity index (χ2v) is 14.3. The van der Waals surface area contributed by atoms with Crippen LogP contribution in [-0.4, -0.2) is 66.0 Å². The number of fused-ring (bicyclic) bond motifs is 3. The average Bonchev–Trinajstić information content (AvgIpc) is 3.79. The van der Waals surface area contributed by atoms with Crippen molar-refractivity contribution in [2.24, 2.45) is 13.0 Å². The molecule has 7 rings (SSSR count). The number of aromatic nitrogens is 2. The summed E-state index contributed by atoms with van der Waals surface area (Å²) in [5, 5.41) is 3.25. The highest BCUT2D eigenvalue weighted by molar-refractivity contribution is 7.98. The van der Waals surface area contributed by atoms with Crippen LogP contribution < -0.4 is 24.3 Å². The fourth-order valence-corrected chi connectivity index (χ4v) is 8.10. The molecule has 5 aromatic rings. The van der Waals surface area contributed by atoms with E-state index in [0.717, 1.165) is 22.6 Å². The van der Waals surface area contributed by atoms with Gasteiger partial charge in [0.25, 0.3) is 0 Å². The lowest BCUT2D eigenvalue weighted by atomic mass is 9.70. The fraction of sp³-hybridized carbons (Fsp3) is 0.333. The summed E-state index contributed by atoms with van der Waals surface area (Å²) in [4.78, 5) is 48.5.